The predicted octanol–water partition coefficient (Wildman–Crippen LogP) is 2.74. The van der Waals surface area contributed by atoms with Gasteiger partial charge in [-0.3, -0.25) is 0 Å². The molecule has 1 aromatic carbocycles. The van der Waals surface area contributed by atoms with Crippen LogP contribution in [0.4, 0.5) is 0 Å². The predicted molar refractivity (Wildman–Crippen MR) is 67.5 cm³/mol. The summed E-state index contributed by atoms with van der Waals surface area (Å²) in [5, 5.41) is 9.49. The highest BCUT2D eigenvalue weighted by Crippen LogP contribution is 2.41. The molecule has 1 aromatic rings. The quantitative estimate of drug-likeness (QED) is 0.921. The molecule has 1 unspecified atom stereocenters. The lowest BCUT2D eigenvalue weighted by Gasteiger charge is -2.47. The van der Waals surface area contributed by atoms with Crippen LogP contribution in [0.5, 0.6) is 0 Å². The average Bonchev–Trinajstić information content (AvgIpc) is 2.23. The fourth-order valence-corrected chi connectivity index (χ4v) is 2.85. The van der Waals surface area contributed by atoms with Crippen molar-refractivity contribution in [3.63, 3.8) is 0 Å². The zero-order chi connectivity index (χ0) is 11.6. The van der Waals surface area contributed by atoms with E-state index in [1.807, 2.05) is 12.1 Å². The lowest BCUT2D eigenvalue weighted by atomic mass is 9.68. The van der Waals surface area contributed by atoms with Crippen molar-refractivity contribution in [3.8, 4) is 0 Å². The molecule has 2 rings (SSSR count). The van der Waals surface area contributed by atoms with Gasteiger partial charge in [-0.2, -0.15) is 0 Å². The fraction of sp³-hybridized carbons (Fsp3) is 0.538. The van der Waals surface area contributed by atoms with Gasteiger partial charge in [0.25, 0.3) is 0 Å². The Morgan fingerprint density at radius 1 is 1.50 bits per heavy atom. The molecule has 0 saturated carbocycles. The first-order valence-electron chi connectivity index (χ1n) is 5.67. The molecule has 1 saturated heterocycles. The molecule has 1 aliphatic heterocycles. The van der Waals surface area contributed by atoms with Crippen LogP contribution in [0.25, 0.3) is 0 Å². The molecule has 1 N–H and O–H groups in total. The van der Waals surface area contributed by atoms with Crippen LogP contribution < -0.4 is 0 Å². The number of benzene rings is 1. The van der Waals surface area contributed by atoms with Gasteiger partial charge in [-0.25, -0.2) is 0 Å². The van der Waals surface area contributed by atoms with Crippen LogP contribution in [-0.2, 0) is 10.2 Å². The molecule has 0 aliphatic carbocycles. The third kappa shape index (κ3) is 1.92. The van der Waals surface area contributed by atoms with Crippen LogP contribution in [0.3, 0.4) is 0 Å². The normalized spacial score (nSPS) is 20.2. The van der Waals surface area contributed by atoms with Crippen molar-refractivity contribution in [2.75, 3.05) is 19.8 Å². The van der Waals surface area contributed by atoms with Gasteiger partial charge in [-0.15, -0.1) is 0 Å². The maximum atomic E-state index is 9.49. The van der Waals surface area contributed by atoms with Crippen molar-refractivity contribution in [2.45, 2.75) is 18.8 Å². The summed E-state index contributed by atoms with van der Waals surface area (Å²) in [5.41, 5.74) is 1.29. The van der Waals surface area contributed by atoms with Crippen molar-refractivity contribution in [2.24, 2.45) is 5.92 Å². The first-order valence-corrected chi connectivity index (χ1v) is 6.47. The molecule has 0 amide bonds. The molecule has 88 valence electrons. The SMILES string of the molecule is CCC(CO)C1(c2cccc(Br)c2)COC1. The van der Waals surface area contributed by atoms with E-state index in [4.69, 9.17) is 4.74 Å². The van der Waals surface area contributed by atoms with Crippen molar-refractivity contribution in [3.05, 3.63) is 34.3 Å². The number of ether oxygens (including phenoxy) is 1. The Labute approximate surface area is 105 Å². The molecule has 0 aromatic heterocycles. The number of hydrogen-bond donors (Lipinski definition) is 1. The van der Waals surface area contributed by atoms with Gasteiger partial charge in [-0.1, -0.05) is 41.4 Å². The summed E-state index contributed by atoms with van der Waals surface area (Å²) in [6.45, 7) is 3.80. The number of hydrogen-bond acceptors (Lipinski definition) is 2. The van der Waals surface area contributed by atoms with Gasteiger partial charge in [-0.05, 0) is 23.6 Å². The maximum absolute atomic E-state index is 9.49. The number of halogens is 1. The van der Waals surface area contributed by atoms with Gasteiger partial charge in [0.1, 0.15) is 0 Å². The van der Waals surface area contributed by atoms with Gasteiger partial charge in [0, 0.05) is 16.5 Å². The molecule has 0 bridgehead atoms. The Kier molecular flexibility index (Phi) is 3.67. The van der Waals surface area contributed by atoms with Crippen molar-refractivity contribution >= 4 is 15.9 Å². The number of aliphatic hydroxyl groups is 1. The van der Waals surface area contributed by atoms with Crippen LogP contribution >= 0.6 is 15.9 Å². The Hall–Kier alpha value is -0.380. The Morgan fingerprint density at radius 3 is 2.69 bits per heavy atom. The molecule has 1 fully saturated rings. The van der Waals surface area contributed by atoms with Gasteiger partial charge < -0.3 is 9.84 Å². The largest absolute Gasteiger partial charge is 0.396 e. The standard InChI is InChI=1S/C13H17BrO2/c1-2-10(7-15)13(8-16-9-13)11-4-3-5-12(14)6-11/h3-6,10,15H,2,7-9H2,1H3. The van der Waals surface area contributed by atoms with Crippen LogP contribution in [0, 0.1) is 5.92 Å². The molecule has 1 heterocycles. The molecule has 0 spiro atoms. The van der Waals surface area contributed by atoms with Crippen LogP contribution in [-0.4, -0.2) is 24.9 Å². The lowest BCUT2D eigenvalue weighted by molar-refractivity contribution is -0.101. The summed E-state index contributed by atoms with van der Waals surface area (Å²) in [6, 6.07) is 8.34. The monoisotopic (exact) mass is 284 g/mol. The van der Waals surface area contributed by atoms with E-state index in [1.54, 1.807) is 0 Å². The summed E-state index contributed by atoms with van der Waals surface area (Å²) in [7, 11) is 0. The van der Waals surface area contributed by atoms with E-state index in [2.05, 4.69) is 35.0 Å². The lowest BCUT2D eigenvalue weighted by Crippen LogP contribution is -2.53. The van der Waals surface area contributed by atoms with Crippen molar-refractivity contribution in [1.82, 2.24) is 0 Å². The highest BCUT2D eigenvalue weighted by molar-refractivity contribution is 9.10. The highest BCUT2D eigenvalue weighted by Gasteiger charge is 2.45. The second kappa shape index (κ2) is 4.86. The first-order chi connectivity index (χ1) is 7.73. The minimum Gasteiger partial charge on any atom is -0.396 e. The zero-order valence-corrected chi connectivity index (χ0v) is 11.0. The second-order valence-electron chi connectivity index (χ2n) is 4.45. The molecule has 2 nitrogen and oxygen atoms in total. The van der Waals surface area contributed by atoms with E-state index in [0.717, 1.165) is 24.1 Å². The van der Waals surface area contributed by atoms with Crippen LogP contribution in [0.1, 0.15) is 18.9 Å². The molecule has 1 atom stereocenters. The van der Waals surface area contributed by atoms with Gasteiger partial charge in [0.15, 0.2) is 0 Å². The van der Waals surface area contributed by atoms with Gasteiger partial charge in [0.2, 0.25) is 0 Å². The third-order valence-electron chi connectivity index (χ3n) is 3.61. The molecule has 3 heteroatoms. The zero-order valence-electron chi connectivity index (χ0n) is 9.45. The smallest absolute Gasteiger partial charge is 0.0589 e. The minimum atomic E-state index is 0.0211. The summed E-state index contributed by atoms with van der Waals surface area (Å²) < 4.78 is 6.48. The van der Waals surface area contributed by atoms with Crippen LogP contribution in [0.15, 0.2) is 28.7 Å². The summed E-state index contributed by atoms with van der Waals surface area (Å²) in [6.07, 6.45) is 0.979. The third-order valence-corrected chi connectivity index (χ3v) is 4.11. The van der Waals surface area contributed by atoms with Gasteiger partial charge in [0.05, 0.1) is 13.2 Å². The Balaban J connectivity index is 2.34. The van der Waals surface area contributed by atoms with E-state index in [1.165, 1.54) is 5.56 Å². The van der Waals surface area contributed by atoms with Crippen molar-refractivity contribution in [1.29, 1.82) is 0 Å². The van der Waals surface area contributed by atoms with E-state index in [-0.39, 0.29) is 17.9 Å². The summed E-state index contributed by atoms with van der Waals surface area (Å²) >= 11 is 3.50. The number of aliphatic hydroxyl groups excluding tert-OH is 1. The van der Waals surface area contributed by atoms with E-state index in [9.17, 15) is 5.11 Å². The first kappa shape index (κ1) is 12.1. The van der Waals surface area contributed by atoms with E-state index < -0.39 is 0 Å². The van der Waals surface area contributed by atoms with Crippen LogP contribution in [0.2, 0.25) is 0 Å². The molecule has 1 aliphatic rings. The summed E-state index contributed by atoms with van der Waals surface area (Å²) in [4.78, 5) is 0. The molecule has 16 heavy (non-hydrogen) atoms. The van der Waals surface area contributed by atoms with Gasteiger partial charge >= 0.3 is 0 Å². The maximum Gasteiger partial charge on any atom is 0.0589 e. The number of rotatable bonds is 4. The second-order valence-corrected chi connectivity index (χ2v) is 5.36. The molecular formula is C13H17BrO2. The Bertz CT molecular complexity index is 357. The molecular weight excluding hydrogens is 268 g/mol. The fourth-order valence-electron chi connectivity index (χ4n) is 2.45. The van der Waals surface area contributed by atoms with E-state index in [0.29, 0.717) is 0 Å². The summed E-state index contributed by atoms with van der Waals surface area (Å²) in [5.74, 6) is 0.288. The van der Waals surface area contributed by atoms with E-state index >= 15 is 0 Å². The Morgan fingerprint density at radius 2 is 2.25 bits per heavy atom. The highest BCUT2D eigenvalue weighted by atomic mass is 79.9. The van der Waals surface area contributed by atoms with Crippen molar-refractivity contribution < 1.29 is 9.84 Å². The minimum absolute atomic E-state index is 0.0211. The topological polar surface area (TPSA) is 29.5 Å². The molecule has 0 radical (unpaired) electrons. The average molecular weight is 285 g/mol.